The first kappa shape index (κ1) is 26.3. The van der Waals surface area contributed by atoms with Gasteiger partial charge in [0.05, 0.1) is 20.3 Å². The number of amides is 2. The van der Waals surface area contributed by atoms with Gasteiger partial charge in [-0.2, -0.15) is 0 Å². The van der Waals surface area contributed by atoms with Crippen molar-refractivity contribution in [3.63, 3.8) is 0 Å². The maximum Gasteiger partial charge on any atom is 0.274 e. The first-order valence-electron chi connectivity index (χ1n) is 12.0. The van der Waals surface area contributed by atoms with Gasteiger partial charge in [-0.3, -0.25) is 14.8 Å². The lowest BCUT2D eigenvalue weighted by atomic mass is 10.0. The molecule has 0 bridgehead atoms. The van der Waals surface area contributed by atoms with E-state index < -0.39 is 5.91 Å². The number of ether oxygens (including phenoxy) is 2. The minimum atomic E-state index is -0.588. The highest BCUT2D eigenvalue weighted by Crippen LogP contribution is 2.27. The zero-order valence-electron chi connectivity index (χ0n) is 20.9. The van der Waals surface area contributed by atoms with Crippen LogP contribution in [0.5, 0.6) is 5.75 Å². The third-order valence-corrected chi connectivity index (χ3v) is 5.78. The van der Waals surface area contributed by atoms with Gasteiger partial charge in [0.15, 0.2) is 0 Å². The standard InChI is InChI=1S/C31H28N2O5/c1-37-29-15-13-25(14-16-29)30(34)32-28-19-23(21-38-17-5-8-22-6-3-2-4-7-22)18-27(20-28)24-9-11-26(12-10-24)31(35)33-36/h2-16,18-20,36H,17,21H2,1H3,(H,32,34)(H,33,35). The number of hydrogen-bond acceptors (Lipinski definition) is 5. The third-order valence-electron chi connectivity index (χ3n) is 5.78. The molecule has 38 heavy (non-hydrogen) atoms. The quantitative estimate of drug-likeness (QED) is 0.139. The Hall–Kier alpha value is -4.72. The van der Waals surface area contributed by atoms with Gasteiger partial charge in [-0.1, -0.05) is 54.6 Å². The molecule has 0 heterocycles. The zero-order valence-corrected chi connectivity index (χ0v) is 20.9. The summed E-state index contributed by atoms with van der Waals surface area (Å²) in [6, 6.07) is 29.4. The fourth-order valence-electron chi connectivity index (χ4n) is 3.83. The van der Waals surface area contributed by atoms with Crippen molar-refractivity contribution in [3.8, 4) is 16.9 Å². The Bertz CT molecular complexity index is 1400. The zero-order chi connectivity index (χ0) is 26.7. The second-order valence-corrected chi connectivity index (χ2v) is 8.45. The van der Waals surface area contributed by atoms with Crippen molar-refractivity contribution in [1.29, 1.82) is 0 Å². The molecule has 0 radical (unpaired) electrons. The van der Waals surface area contributed by atoms with Gasteiger partial charge in [0, 0.05) is 16.8 Å². The average molecular weight is 509 g/mol. The van der Waals surface area contributed by atoms with Crippen LogP contribution < -0.4 is 15.5 Å². The molecule has 0 aliphatic carbocycles. The fraction of sp³-hybridized carbons (Fsp3) is 0.0968. The van der Waals surface area contributed by atoms with Crippen molar-refractivity contribution in [2.24, 2.45) is 0 Å². The molecule has 0 aromatic heterocycles. The molecular weight excluding hydrogens is 480 g/mol. The predicted octanol–water partition coefficient (Wildman–Crippen LogP) is 5.96. The minimum Gasteiger partial charge on any atom is -0.497 e. The van der Waals surface area contributed by atoms with Crippen LogP contribution >= 0.6 is 0 Å². The molecule has 7 heteroatoms. The number of rotatable bonds is 10. The Morgan fingerprint density at radius 3 is 2.18 bits per heavy atom. The summed E-state index contributed by atoms with van der Waals surface area (Å²) in [6.45, 7) is 0.765. The highest BCUT2D eigenvalue weighted by atomic mass is 16.5. The minimum absolute atomic E-state index is 0.252. The topological polar surface area (TPSA) is 96.9 Å². The number of anilines is 1. The highest BCUT2D eigenvalue weighted by Gasteiger charge is 2.11. The van der Waals surface area contributed by atoms with E-state index in [0.717, 1.165) is 22.3 Å². The number of hydrogen-bond donors (Lipinski definition) is 3. The van der Waals surface area contributed by atoms with Gasteiger partial charge in [0.2, 0.25) is 0 Å². The molecule has 0 atom stereocenters. The number of carbonyl (C=O) groups excluding carboxylic acids is 2. The van der Waals surface area contributed by atoms with Gasteiger partial charge < -0.3 is 14.8 Å². The number of methoxy groups -OCH3 is 1. The summed E-state index contributed by atoms with van der Waals surface area (Å²) in [6.07, 6.45) is 3.96. The molecule has 4 rings (SSSR count). The van der Waals surface area contributed by atoms with Crippen LogP contribution in [0.25, 0.3) is 17.2 Å². The maximum atomic E-state index is 12.9. The molecule has 2 amide bonds. The van der Waals surface area contributed by atoms with E-state index in [1.54, 1.807) is 61.1 Å². The predicted molar refractivity (Wildman–Crippen MR) is 147 cm³/mol. The maximum absolute atomic E-state index is 12.9. The molecule has 4 aromatic carbocycles. The van der Waals surface area contributed by atoms with Gasteiger partial charge in [-0.15, -0.1) is 0 Å². The molecule has 192 valence electrons. The van der Waals surface area contributed by atoms with Gasteiger partial charge in [-0.05, 0) is 76.9 Å². The Morgan fingerprint density at radius 2 is 1.50 bits per heavy atom. The van der Waals surface area contributed by atoms with E-state index in [1.807, 2.05) is 60.7 Å². The van der Waals surface area contributed by atoms with Crippen molar-refractivity contribution >= 4 is 23.6 Å². The second-order valence-electron chi connectivity index (χ2n) is 8.45. The van der Waals surface area contributed by atoms with Gasteiger partial charge in [0.1, 0.15) is 5.75 Å². The molecule has 0 aliphatic heterocycles. The third kappa shape index (κ3) is 7.16. The van der Waals surface area contributed by atoms with E-state index in [-0.39, 0.29) is 5.91 Å². The summed E-state index contributed by atoms with van der Waals surface area (Å²) in [5.41, 5.74) is 6.72. The summed E-state index contributed by atoms with van der Waals surface area (Å²) in [7, 11) is 1.57. The highest BCUT2D eigenvalue weighted by molar-refractivity contribution is 6.04. The van der Waals surface area contributed by atoms with E-state index in [2.05, 4.69) is 5.32 Å². The van der Waals surface area contributed by atoms with Crippen molar-refractivity contribution in [2.45, 2.75) is 6.61 Å². The SMILES string of the molecule is COc1ccc(C(=O)Nc2cc(COCC=Cc3ccccc3)cc(-c3ccc(C(=O)NO)cc3)c2)cc1. The van der Waals surface area contributed by atoms with Crippen molar-refractivity contribution < 1.29 is 24.3 Å². The van der Waals surface area contributed by atoms with Crippen molar-refractivity contribution in [1.82, 2.24) is 5.48 Å². The van der Waals surface area contributed by atoms with E-state index in [9.17, 15) is 9.59 Å². The summed E-state index contributed by atoms with van der Waals surface area (Å²) in [4.78, 5) is 24.6. The molecular formula is C31H28N2O5. The van der Waals surface area contributed by atoms with Crippen LogP contribution in [0.4, 0.5) is 5.69 Å². The van der Waals surface area contributed by atoms with Crippen molar-refractivity contribution in [3.05, 3.63) is 125 Å². The first-order valence-corrected chi connectivity index (χ1v) is 12.0. The van der Waals surface area contributed by atoms with Gasteiger partial charge >= 0.3 is 0 Å². The lowest BCUT2D eigenvalue weighted by Crippen LogP contribution is -2.18. The molecule has 0 saturated heterocycles. The summed E-state index contributed by atoms with van der Waals surface area (Å²) < 4.78 is 11.0. The fourth-order valence-corrected chi connectivity index (χ4v) is 3.83. The second kappa shape index (κ2) is 13.0. The number of benzene rings is 4. The number of nitrogens with one attached hydrogen (secondary N) is 2. The van der Waals surface area contributed by atoms with Crippen LogP contribution in [0.2, 0.25) is 0 Å². The van der Waals surface area contributed by atoms with E-state index >= 15 is 0 Å². The monoisotopic (exact) mass is 508 g/mol. The van der Waals surface area contributed by atoms with Crippen molar-refractivity contribution in [2.75, 3.05) is 19.0 Å². The van der Waals surface area contributed by atoms with Crippen LogP contribution in [0, 0.1) is 0 Å². The summed E-state index contributed by atoms with van der Waals surface area (Å²) in [5.74, 6) is -0.172. The van der Waals surface area contributed by atoms with E-state index in [1.165, 1.54) is 0 Å². The van der Waals surface area contributed by atoms with Gasteiger partial charge in [-0.25, -0.2) is 5.48 Å². The molecule has 0 aliphatic rings. The normalized spacial score (nSPS) is 10.8. The van der Waals surface area contributed by atoms with Crippen LogP contribution in [0.1, 0.15) is 31.8 Å². The Balaban J connectivity index is 1.53. The molecule has 4 aromatic rings. The lowest BCUT2D eigenvalue weighted by Gasteiger charge is -2.12. The van der Waals surface area contributed by atoms with E-state index in [4.69, 9.17) is 14.7 Å². The molecule has 0 unspecified atom stereocenters. The molecule has 3 N–H and O–H groups in total. The Kier molecular flexibility index (Phi) is 9.02. The molecule has 0 spiro atoms. The average Bonchev–Trinajstić information content (AvgIpc) is 2.97. The van der Waals surface area contributed by atoms with Gasteiger partial charge in [0.25, 0.3) is 11.8 Å². The van der Waals surface area contributed by atoms with Crippen LogP contribution in [0.15, 0.2) is 103 Å². The molecule has 7 nitrogen and oxygen atoms in total. The van der Waals surface area contributed by atoms with Crippen LogP contribution in [0.3, 0.4) is 0 Å². The van der Waals surface area contributed by atoms with Crippen LogP contribution in [-0.2, 0) is 11.3 Å². The Morgan fingerprint density at radius 1 is 0.816 bits per heavy atom. The number of carbonyl (C=O) groups is 2. The van der Waals surface area contributed by atoms with Crippen LogP contribution in [-0.4, -0.2) is 30.7 Å². The number of hydroxylamine groups is 1. The lowest BCUT2D eigenvalue weighted by molar-refractivity contribution is 0.0706. The summed E-state index contributed by atoms with van der Waals surface area (Å²) >= 11 is 0. The first-order chi connectivity index (χ1) is 18.6. The smallest absolute Gasteiger partial charge is 0.274 e. The van der Waals surface area contributed by atoms with E-state index in [0.29, 0.717) is 35.8 Å². The Labute approximate surface area is 221 Å². The molecule has 0 saturated carbocycles. The summed E-state index contributed by atoms with van der Waals surface area (Å²) in [5, 5.41) is 11.8. The molecule has 0 fully saturated rings. The largest absolute Gasteiger partial charge is 0.497 e.